The summed E-state index contributed by atoms with van der Waals surface area (Å²) in [6, 6.07) is 19.0. The number of carbonyl (C=O) groups excluding carboxylic acids is 1. The Morgan fingerprint density at radius 1 is 1.09 bits per heavy atom. The molecule has 2 aromatic heterocycles. The molecule has 32 heavy (non-hydrogen) atoms. The zero-order valence-electron chi connectivity index (χ0n) is 16.4. The van der Waals surface area contributed by atoms with Crippen LogP contribution < -0.4 is 20.8 Å². The topological polar surface area (TPSA) is 116 Å². The summed E-state index contributed by atoms with van der Waals surface area (Å²) < 4.78 is 16.9. The molecule has 3 heterocycles. The molecule has 4 aromatic rings. The molecule has 8 heteroatoms. The fraction of sp³-hybridized carbons (Fsp3) is 0.0417. The van der Waals surface area contributed by atoms with E-state index in [0.717, 1.165) is 0 Å². The molecule has 0 amide bonds. The molecule has 0 unspecified atom stereocenters. The Morgan fingerprint density at radius 2 is 1.88 bits per heavy atom. The van der Waals surface area contributed by atoms with Gasteiger partial charge >= 0.3 is 11.6 Å². The average molecular weight is 442 g/mol. The number of thiophene rings is 1. The van der Waals surface area contributed by atoms with Crippen LogP contribution in [0, 0.1) is 11.3 Å². The predicted octanol–water partition coefficient (Wildman–Crippen LogP) is 4.29. The van der Waals surface area contributed by atoms with Crippen molar-refractivity contribution in [1.82, 2.24) is 0 Å². The van der Waals surface area contributed by atoms with Gasteiger partial charge < -0.3 is 19.6 Å². The van der Waals surface area contributed by atoms with Crippen LogP contribution in [0.3, 0.4) is 0 Å². The van der Waals surface area contributed by atoms with Crippen molar-refractivity contribution >= 4 is 28.3 Å². The number of allylic oxidation sites excluding steroid dienone is 1. The maximum atomic E-state index is 13.0. The lowest BCUT2D eigenvalue weighted by molar-refractivity contribution is 0.0738. The Morgan fingerprint density at radius 3 is 2.66 bits per heavy atom. The minimum Gasteiger partial charge on any atom is -0.439 e. The first kappa shape index (κ1) is 19.6. The maximum Gasteiger partial charge on any atom is 0.353 e. The number of hydrogen-bond donors (Lipinski definition) is 1. The Bertz CT molecular complexity index is 1500. The number of nitrogens with zero attached hydrogens (tertiary/aromatic N) is 1. The Hall–Kier alpha value is -4.35. The van der Waals surface area contributed by atoms with Crippen LogP contribution in [0.2, 0.25) is 0 Å². The third-order valence-electron chi connectivity index (χ3n) is 5.13. The van der Waals surface area contributed by atoms with Gasteiger partial charge in [0.2, 0.25) is 5.88 Å². The molecule has 7 nitrogen and oxygen atoms in total. The Balaban J connectivity index is 1.73. The van der Waals surface area contributed by atoms with Crippen LogP contribution in [0.1, 0.15) is 26.7 Å². The van der Waals surface area contributed by atoms with E-state index in [1.165, 1.54) is 11.3 Å². The van der Waals surface area contributed by atoms with Crippen LogP contribution in [0.15, 0.2) is 86.7 Å². The Labute approximate surface area is 185 Å². The molecule has 0 spiro atoms. The van der Waals surface area contributed by atoms with Gasteiger partial charge in [0.15, 0.2) is 5.75 Å². The number of fused-ring (bicyclic) bond motifs is 3. The molecular weight excluding hydrogens is 428 g/mol. The van der Waals surface area contributed by atoms with E-state index in [1.54, 1.807) is 66.0 Å². The standard InChI is InChI=1S/C24H14N2O5S/c25-12-15-19(13-6-1-3-8-16(13)29-23(27)18-10-5-11-32-18)20-21(31-22(15)26)14-7-2-4-9-17(14)30-24(20)28/h1-11,19H,26H2/t19-/m1/s1. The molecule has 0 radical (unpaired) electrons. The van der Waals surface area contributed by atoms with Gasteiger partial charge in [-0.25, -0.2) is 9.59 Å². The molecule has 0 saturated carbocycles. The summed E-state index contributed by atoms with van der Waals surface area (Å²) in [5, 5.41) is 12.1. The second-order valence-electron chi connectivity index (χ2n) is 6.96. The molecule has 156 valence electrons. The smallest absolute Gasteiger partial charge is 0.353 e. The number of hydrogen-bond acceptors (Lipinski definition) is 8. The van der Waals surface area contributed by atoms with Gasteiger partial charge in [0.1, 0.15) is 27.9 Å². The second-order valence-corrected chi connectivity index (χ2v) is 7.91. The fourth-order valence-electron chi connectivity index (χ4n) is 3.73. The Kier molecular flexibility index (Phi) is 4.73. The van der Waals surface area contributed by atoms with Gasteiger partial charge in [0.25, 0.3) is 0 Å². The van der Waals surface area contributed by atoms with Gasteiger partial charge in [-0.3, -0.25) is 0 Å². The maximum absolute atomic E-state index is 13.0. The van der Waals surface area contributed by atoms with Crippen molar-refractivity contribution in [2.45, 2.75) is 5.92 Å². The second kappa shape index (κ2) is 7.72. The van der Waals surface area contributed by atoms with E-state index in [2.05, 4.69) is 0 Å². The van der Waals surface area contributed by atoms with Crippen molar-refractivity contribution in [1.29, 1.82) is 5.26 Å². The quantitative estimate of drug-likeness (QED) is 0.286. The SMILES string of the molecule is N#CC1=C(N)Oc2c(c(=O)oc3ccccc23)[C@@H]1c1ccccc1OC(=O)c1cccs1. The number of nitrogens with two attached hydrogens (primary N) is 1. The summed E-state index contributed by atoms with van der Waals surface area (Å²) >= 11 is 1.25. The van der Waals surface area contributed by atoms with E-state index in [9.17, 15) is 14.9 Å². The van der Waals surface area contributed by atoms with Gasteiger partial charge in [0, 0.05) is 5.56 Å². The molecule has 1 atom stereocenters. The minimum absolute atomic E-state index is 0.0275. The van der Waals surface area contributed by atoms with Gasteiger partial charge in [-0.2, -0.15) is 5.26 Å². The van der Waals surface area contributed by atoms with E-state index in [4.69, 9.17) is 19.6 Å². The summed E-state index contributed by atoms with van der Waals surface area (Å²) in [5.74, 6) is -1.17. The monoisotopic (exact) mass is 442 g/mol. The summed E-state index contributed by atoms with van der Waals surface area (Å²) in [7, 11) is 0. The zero-order chi connectivity index (χ0) is 22.2. The molecule has 5 rings (SSSR count). The lowest BCUT2D eigenvalue weighted by atomic mass is 9.83. The van der Waals surface area contributed by atoms with Crippen molar-refractivity contribution in [3.05, 3.63) is 104 Å². The molecule has 0 bridgehead atoms. The van der Waals surface area contributed by atoms with Crippen molar-refractivity contribution in [3.63, 3.8) is 0 Å². The normalized spacial score (nSPS) is 15.0. The molecule has 0 aliphatic carbocycles. The lowest BCUT2D eigenvalue weighted by Crippen LogP contribution is -2.26. The molecule has 0 saturated heterocycles. The molecule has 2 N–H and O–H groups in total. The van der Waals surface area contributed by atoms with Crippen LogP contribution in [0.5, 0.6) is 11.5 Å². The lowest BCUT2D eigenvalue weighted by Gasteiger charge is -2.26. The molecular formula is C24H14N2O5S. The number of carbonyl (C=O) groups is 1. The van der Waals surface area contributed by atoms with E-state index >= 15 is 0 Å². The molecule has 0 fully saturated rings. The van der Waals surface area contributed by atoms with Crippen LogP contribution in [-0.2, 0) is 0 Å². The zero-order valence-corrected chi connectivity index (χ0v) is 17.2. The highest BCUT2D eigenvalue weighted by molar-refractivity contribution is 7.12. The summed E-state index contributed by atoms with van der Waals surface area (Å²) in [5.41, 5.74) is 6.34. The van der Waals surface area contributed by atoms with Gasteiger partial charge in [-0.1, -0.05) is 36.4 Å². The first-order valence-corrected chi connectivity index (χ1v) is 10.4. The van der Waals surface area contributed by atoms with E-state index < -0.39 is 17.5 Å². The largest absolute Gasteiger partial charge is 0.439 e. The van der Waals surface area contributed by atoms with Gasteiger partial charge in [-0.05, 0) is 29.6 Å². The van der Waals surface area contributed by atoms with E-state index in [1.807, 2.05) is 6.07 Å². The third kappa shape index (κ3) is 3.12. The van der Waals surface area contributed by atoms with Crippen molar-refractivity contribution in [2.24, 2.45) is 5.73 Å². The predicted molar refractivity (Wildman–Crippen MR) is 118 cm³/mol. The van der Waals surface area contributed by atoms with Crippen LogP contribution >= 0.6 is 11.3 Å². The average Bonchev–Trinajstić information content (AvgIpc) is 3.34. The first-order chi connectivity index (χ1) is 15.6. The summed E-state index contributed by atoms with van der Waals surface area (Å²) in [6.07, 6.45) is 0. The molecule has 1 aliphatic heterocycles. The number of esters is 1. The fourth-order valence-corrected chi connectivity index (χ4v) is 4.33. The summed E-state index contributed by atoms with van der Waals surface area (Å²) in [4.78, 5) is 26.0. The van der Waals surface area contributed by atoms with E-state index in [-0.39, 0.29) is 28.5 Å². The minimum atomic E-state index is -0.933. The highest BCUT2D eigenvalue weighted by atomic mass is 32.1. The molecule has 1 aliphatic rings. The van der Waals surface area contributed by atoms with Crippen molar-refractivity contribution < 1.29 is 18.7 Å². The number of para-hydroxylation sites is 2. The van der Waals surface area contributed by atoms with Crippen LogP contribution in [0.25, 0.3) is 11.0 Å². The van der Waals surface area contributed by atoms with E-state index in [0.29, 0.717) is 21.4 Å². The van der Waals surface area contributed by atoms with Gasteiger partial charge in [0.05, 0.1) is 16.9 Å². The first-order valence-electron chi connectivity index (χ1n) is 9.56. The molecule has 2 aromatic carbocycles. The van der Waals surface area contributed by atoms with Crippen molar-refractivity contribution in [3.8, 4) is 17.6 Å². The third-order valence-corrected chi connectivity index (χ3v) is 5.98. The number of benzene rings is 2. The number of ether oxygens (including phenoxy) is 2. The van der Waals surface area contributed by atoms with Crippen LogP contribution in [-0.4, -0.2) is 5.97 Å². The summed E-state index contributed by atoms with van der Waals surface area (Å²) in [6.45, 7) is 0. The van der Waals surface area contributed by atoms with Gasteiger partial charge in [-0.15, -0.1) is 11.3 Å². The number of rotatable bonds is 3. The van der Waals surface area contributed by atoms with Crippen LogP contribution in [0.4, 0.5) is 0 Å². The highest BCUT2D eigenvalue weighted by Gasteiger charge is 2.37. The highest BCUT2D eigenvalue weighted by Crippen LogP contribution is 2.45. The number of nitriles is 1. The van der Waals surface area contributed by atoms with Crippen molar-refractivity contribution in [2.75, 3.05) is 0 Å².